The molecule has 1 aliphatic rings. The molecule has 2 rings (SSSR count). The van der Waals surface area contributed by atoms with Crippen LogP contribution in [0.25, 0.3) is 0 Å². The highest BCUT2D eigenvalue weighted by molar-refractivity contribution is 5.20. The molecule has 1 heterocycles. The third kappa shape index (κ3) is 2.90. The lowest BCUT2D eigenvalue weighted by molar-refractivity contribution is 0.205. The summed E-state index contributed by atoms with van der Waals surface area (Å²) in [6.45, 7) is 7.56. The predicted molar refractivity (Wildman–Crippen MR) is 73.0 cm³/mol. The molecule has 1 N–H and O–H groups in total. The molecular formula is C15H23FN2. The summed E-state index contributed by atoms with van der Waals surface area (Å²) in [5.74, 6) is 1.28. The Morgan fingerprint density at radius 3 is 2.72 bits per heavy atom. The maximum absolute atomic E-state index is 13.8. The molecule has 18 heavy (non-hydrogen) atoms. The summed E-state index contributed by atoms with van der Waals surface area (Å²) in [4.78, 5) is 2.26. The van der Waals surface area contributed by atoms with Crippen LogP contribution < -0.4 is 5.32 Å². The minimum Gasteiger partial charge on any atom is -0.316 e. The van der Waals surface area contributed by atoms with Gasteiger partial charge in [0, 0.05) is 18.2 Å². The van der Waals surface area contributed by atoms with E-state index in [1.165, 1.54) is 0 Å². The summed E-state index contributed by atoms with van der Waals surface area (Å²) in [7, 11) is 2.09. The van der Waals surface area contributed by atoms with Crippen LogP contribution >= 0.6 is 0 Å². The average Bonchev–Trinajstić information content (AvgIpc) is 2.75. The van der Waals surface area contributed by atoms with Crippen molar-refractivity contribution in [3.05, 3.63) is 35.6 Å². The molecule has 3 atom stereocenters. The molecule has 1 aromatic carbocycles. The monoisotopic (exact) mass is 250 g/mol. The Balaban J connectivity index is 2.00. The van der Waals surface area contributed by atoms with E-state index >= 15 is 0 Å². The van der Waals surface area contributed by atoms with Crippen LogP contribution in [0.3, 0.4) is 0 Å². The van der Waals surface area contributed by atoms with Crippen molar-refractivity contribution in [3.63, 3.8) is 0 Å². The lowest BCUT2D eigenvalue weighted by Gasteiger charge is -2.29. The number of nitrogens with one attached hydrogen (secondary N) is 1. The normalized spacial score (nSPS) is 25.6. The summed E-state index contributed by atoms with van der Waals surface area (Å²) in [5, 5.41) is 3.42. The second-order valence-electron chi connectivity index (χ2n) is 5.53. The number of hydrogen-bond acceptors (Lipinski definition) is 2. The fraction of sp³-hybridized carbons (Fsp3) is 0.600. The quantitative estimate of drug-likeness (QED) is 0.884. The number of benzene rings is 1. The van der Waals surface area contributed by atoms with Gasteiger partial charge in [-0.2, -0.15) is 0 Å². The van der Waals surface area contributed by atoms with Crippen molar-refractivity contribution < 1.29 is 4.39 Å². The van der Waals surface area contributed by atoms with Gasteiger partial charge < -0.3 is 5.32 Å². The minimum absolute atomic E-state index is 0.102. The second kappa shape index (κ2) is 5.81. The Morgan fingerprint density at radius 1 is 1.39 bits per heavy atom. The highest BCUT2D eigenvalue weighted by atomic mass is 19.1. The van der Waals surface area contributed by atoms with Crippen molar-refractivity contribution >= 4 is 0 Å². The van der Waals surface area contributed by atoms with E-state index in [2.05, 4.69) is 31.1 Å². The van der Waals surface area contributed by atoms with Gasteiger partial charge in [0.15, 0.2) is 0 Å². The minimum atomic E-state index is -0.102. The Kier molecular flexibility index (Phi) is 4.36. The van der Waals surface area contributed by atoms with Gasteiger partial charge >= 0.3 is 0 Å². The molecule has 1 aliphatic heterocycles. The van der Waals surface area contributed by atoms with Gasteiger partial charge in [-0.25, -0.2) is 4.39 Å². The smallest absolute Gasteiger partial charge is 0.127 e. The van der Waals surface area contributed by atoms with Crippen LogP contribution in [0.5, 0.6) is 0 Å². The lowest BCUT2D eigenvalue weighted by Crippen LogP contribution is -2.31. The highest BCUT2D eigenvalue weighted by Crippen LogP contribution is 2.25. The maximum atomic E-state index is 13.8. The van der Waals surface area contributed by atoms with Crippen LogP contribution in [-0.2, 0) is 0 Å². The van der Waals surface area contributed by atoms with Crippen LogP contribution in [0.2, 0.25) is 0 Å². The molecule has 0 radical (unpaired) electrons. The Hall–Kier alpha value is -0.930. The lowest BCUT2D eigenvalue weighted by atomic mass is 9.96. The van der Waals surface area contributed by atoms with E-state index in [1.807, 2.05) is 12.1 Å². The highest BCUT2D eigenvalue weighted by Gasteiger charge is 2.26. The van der Waals surface area contributed by atoms with Crippen molar-refractivity contribution in [2.24, 2.45) is 11.8 Å². The standard InChI is InChI=1S/C15H23FN2/c1-11-8-17-9-13(11)10-18(3)12(2)14-6-4-5-7-15(14)16/h4-7,11-13,17H,8-10H2,1-3H3. The fourth-order valence-corrected chi connectivity index (χ4v) is 2.69. The summed E-state index contributed by atoms with van der Waals surface area (Å²) < 4.78 is 13.8. The summed E-state index contributed by atoms with van der Waals surface area (Å²) in [6, 6.07) is 7.20. The van der Waals surface area contributed by atoms with E-state index in [0.717, 1.165) is 25.2 Å². The van der Waals surface area contributed by atoms with Gasteiger partial charge in [-0.1, -0.05) is 25.1 Å². The van der Waals surface area contributed by atoms with Crippen molar-refractivity contribution in [2.75, 3.05) is 26.7 Å². The van der Waals surface area contributed by atoms with E-state index in [4.69, 9.17) is 0 Å². The molecule has 0 aromatic heterocycles. The molecule has 1 saturated heterocycles. The predicted octanol–water partition coefficient (Wildman–Crippen LogP) is 2.67. The first kappa shape index (κ1) is 13.5. The summed E-state index contributed by atoms with van der Waals surface area (Å²) >= 11 is 0. The topological polar surface area (TPSA) is 15.3 Å². The van der Waals surface area contributed by atoms with Gasteiger partial charge in [0.1, 0.15) is 5.82 Å². The zero-order chi connectivity index (χ0) is 13.1. The Morgan fingerprint density at radius 2 is 2.11 bits per heavy atom. The molecule has 1 aromatic rings. The van der Waals surface area contributed by atoms with Crippen LogP contribution in [0.4, 0.5) is 4.39 Å². The molecule has 0 amide bonds. The van der Waals surface area contributed by atoms with Crippen molar-refractivity contribution in [3.8, 4) is 0 Å². The van der Waals surface area contributed by atoms with Crippen molar-refractivity contribution in [1.82, 2.24) is 10.2 Å². The largest absolute Gasteiger partial charge is 0.316 e. The van der Waals surface area contributed by atoms with Gasteiger partial charge in [-0.05, 0) is 45.0 Å². The molecule has 0 saturated carbocycles. The van der Waals surface area contributed by atoms with Crippen LogP contribution in [-0.4, -0.2) is 31.6 Å². The first-order chi connectivity index (χ1) is 8.59. The first-order valence-corrected chi connectivity index (χ1v) is 6.75. The van der Waals surface area contributed by atoms with E-state index in [1.54, 1.807) is 12.1 Å². The number of nitrogens with zero attached hydrogens (tertiary/aromatic N) is 1. The van der Waals surface area contributed by atoms with Crippen LogP contribution in [0.15, 0.2) is 24.3 Å². The Labute approximate surface area is 109 Å². The zero-order valence-electron chi connectivity index (χ0n) is 11.5. The summed E-state index contributed by atoms with van der Waals surface area (Å²) in [5.41, 5.74) is 0.790. The van der Waals surface area contributed by atoms with Crippen LogP contribution in [0.1, 0.15) is 25.5 Å². The molecule has 3 heteroatoms. The number of hydrogen-bond donors (Lipinski definition) is 1. The fourth-order valence-electron chi connectivity index (χ4n) is 2.69. The molecule has 2 nitrogen and oxygen atoms in total. The Bertz CT molecular complexity index is 394. The maximum Gasteiger partial charge on any atom is 0.127 e. The molecule has 1 fully saturated rings. The number of rotatable bonds is 4. The molecule has 100 valence electrons. The van der Waals surface area contributed by atoms with Crippen molar-refractivity contribution in [2.45, 2.75) is 19.9 Å². The average molecular weight is 250 g/mol. The van der Waals surface area contributed by atoms with E-state index in [9.17, 15) is 4.39 Å². The van der Waals surface area contributed by atoms with Crippen molar-refractivity contribution in [1.29, 1.82) is 0 Å². The first-order valence-electron chi connectivity index (χ1n) is 6.75. The second-order valence-corrected chi connectivity index (χ2v) is 5.53. The molecule has 3 unspecified atom stereocenters. The molecule has 0 aliphatic carbocycles. The zero-order valence-corrected chi connectivity index (χ0v) is 11.5. The van der Waals surface area contributed by atoms with Gasteiger partial charge in [0.2, 0.25) is 0 Å². The van der Waals surface area contributed by atoms with E-state index in [-0.39, 0.29) is 11.9 Å². The van der Waals surface area contributed by atoms with Crippen LogP contribution in [0, 0.1) is 17.7 Å². The SMILES string of the molecule is CC1CNCC1CN(C)C(C)c1ccccc1F. The molecule has 0 spiro atoms. The number of halogens is 1. The van der Waals surface area contributed by atoms with E-state index in [0.29, 0.717) is 11.8 Å². The van der Waals surface area contributed by atoms with Gasteiger partial charge in [-0.15, -0.1) is 0 Å². The third-order valence-electron chi connectivity index (χ3n) is 4.22. The van der Waals surface area contributed by atoms with Gasteiger partial charge in [0.05, 0.1) is 0 Å². The van der Waals surface area contributed by atoms with Gasteiger partial charge in [-0.3, -0.25) is 4.90 Å². The van der Waals surface area contributed by atoms with Gasteiger partial charge in [0.25, 0.3) is 0 Å². The molecule has 0 bridgehead atoms. The third-order valence-corrected chi connectivity index (χ3v) is 4.22. The summed E-state index contributed by atoms with van der Waals surface area (Å²) in [6.07, 6.45) is 0. The van der Waals surface area contributed by atoms with E-state index < -0.39 is 0 Å². The molecular weight excluding hydrogens is 227 g/mol.